The highest BCUT2D eigenvalue weighted by molar-refractivity contribution is 6.31. The summed E-state index contributed by atoms with van der Waals surface area (Å²) in [4.78, 5) is 14.2. The second kappa shape index (κ2) is 6.23. The number of halogens is 1. The number of hydrogen-bond donors (Lipinski definition) is 1. The number of terminal acetylenes is 1. The molecule has 0 aliphatic carbocycles. The average molecular weight is 328 g/mol. The van der Waals surface area contributed by atoms with Crippen molar-refractivity contribution in [1.29, 1.82) is 0 Å². The van der Waals surface area contributed by atoms with Crippen molar-refractivity contribution in [2.45, 2.75) is 12.5 Å². The maximum absolute atomic E-state index is 12.7. The number of ether oxygens (including phenoxy) is 1. The summed E-state index contributed by atoms with van der Waals surface area (Å²) in [6.45, 7) is 0.138. The van der Waals surface area contributed by atoms with Crippen LogP contribution in [0.25, 0.3) is 0 Å². The van der Waals surface area contributed by atoms with Gasteiger partial charge in [0.25, 0.3) is 5.91 Å². The van der Waals surface area contributed by atoms with Gasteiger partial charge in [-0.2, -0.15) is 0 Å². The molecule has 4 nitrogen and oxygen atoms in total. The van der Waals surface area contributed by atoms with Crippen molar-refractivity contribution < 1.29 is 14.6 Å². The summed E-state index contributed by atoms with van der Waals surface area (Å²) in [5.74, 6) is 2.75. The SMILES string of the molecule is C#CCN1C(=O)C(Cc2ccccc2Cl)Oc2cc(O)ccc21. The lowest BCUT2D eigenvalue weighted by Crippen LogP contribution is -2.47. The molecule has 1 unspecified atom stereocenters. The Labute approximate surface area is 139 Å². The number of aromatic hydroxyl groups is 1. The normalized spacial score (nSPS) is 16.4. The van der Waals surface area contributed by atoms with Crippen LogP contribution in [0, 0.1) is 12.3 Å². The van der Waals surface area contributed by atoms with Gasteiger partial charge >= 0.3 is 0 Å². The van der Waals surface area contributed by atoms with E-state index in [9.17, 15) is 9.90 Å². The minimum Gasteiger partial charge on any atom is -0.508 e. The molecule has 0 saturated carbocycles. The first kappa shape index (κ1) is 15.3. The van der Waals surface area contributed by atoms with Gasteiger partial charge in [-0.15, -0.1) is 6.42 Å². The molecule has 1 aliphatic rings. The van der Waals surface area contributed by atoms with Crippen LogP contribution in [0.3, 0.4) is 0 Å². The predicted molar refractivity (Wildman–Crippen MR) is 88.9 cm³/mol. The lowest BCUT2D eigenvalue weighted by atomic mass is 10.0. The van der Waals surface area contributed by atoms with E-state index in [1.807, 2.05) is 18.2 Å². The molecule has 116 valence electrons. The summed E-state index contributed by atoms with van der Waals surface area (Å²) >= 11 is 6.16. The van der Waals surface area contributed by atoms with Crippen LogP contribution in [-0.4, -0.2) is 23.7 Å². The largest absolute Gasteiger partial charge is 0.508 e. The van der Waals surface area contributed by atoms with Crippen molar-refractivity contribution in [3.05, 3.63) is 53.1 Å². The minimum absolute atomic E-state index is 0.0650. The zero-order chi connectivity index (χ0) is 16.4. The van der Waals surface area contributed by atoms with Gasteiger partial charge in [0.15, 0.2) is 6.10 Å². The fourth-order valence-electron chi connectivity index (χ4n) is 2.56. The maximum Gasteiger partial charge on any atom is 0.269 e. The van der Waals surface area contributed by atoms with Crippen LogP contribution < -0.4 is 9.64 Å². The van der Waals surface area contributed by atoms with Crippen LogP contribution in [0.4, 0.5) is 5.69 Å². The molecule has 3 rings (SSSR count). The fraction of sp³-hybridized carbons (Fsp3) is 0.167. The van der Waals surface area contributed by atoms with E-state index in [2.05, 4.69) is 5.92 Å². The summed E-state index contributed by atoms with van der Waals surface area (Å²) in [7, 11) is 0. The highest BCUT2D eigenvalue weighted by Crippen LogP contribution is 2.37. The van der Waals surface area contributed by atoms with Gasteiger partial charge in [-0.25, -0.2) is 0 Å². The zero-order valence-electron chi connectivity index (χ0n) is 12.2. The summed E-state index contributed by atoms with van der Waals surface area (Å²) in [5, 5.41) is 10.2. The van der Waals surface area contributed by atoms with Crippen LogP contribution in [0.5, 0.6) is 11.5 Å². The topological polar surface area (TPSA) is 49.8 Å². The summed E-state index contributed by atoms with van der Waals surface area (Å²) in [5.41, 5.74) is 1.37. The number of carbonyl (C=O) groups excluding carboxylic acids is 1. The molecular formula is C18H14ClNO3. The molecule has 0 saturated heterocycles. The Hall–Kier alpha value is -2.64. The van der Waals surface area contributed by atoms with E-state index in [-0.39, 0.29) is 18.2 Å². The Bertz CT molecular complexity index is 797. The molecule has 2 aromatic carbocycles. The van der Waals surface area contributed by atoms with E-state index in [0.29, 0.717) is 22.9 Å². The zero-order valence-corrected chi connectivity index (χ0v) is 13.0. The Morgan fingerprint density at radius 2 is 2.09 bits per heavy atom. The smallest absolute Gasteiger partial charge is 0.269 e. The Kier molecular flexibility index (Phi) is 4.14. The van der Waals surface area contributed by atoms with Crippen LogP contribution in [0.1, 0.15) is 5.56 Å². The van der Waals surface area contributed by atoms with Gasteiger partial charge in [0.1, 0.15) is 11.5 Å². The number of nitrogens with zero attached hydrogens (tertiary/aromatic N) is 1. The third-order valence-corrected chi connectivity index (χ3v) is 4.03. The van der Waals surface area contributed by atoms with Crippen LogP contribution in [-0.2, 0) is 11.2 Å². The van der Waals surface area contributed by atoms with E-state index >= 15 is 0 Å². The third-order valence-electron chi connectivity index (χ3n) is 3.66. The van der Waals surface area contributed by atoms with E-state index in [1.165, 1.54) is 17.0 Å². The molecule has 0 radical (unpaired) electrons. The van der Waals surface area contributed by atoms with Crippen molar-refractivity contribution in [2.75, 3.05) is 11.4 Å². The van der Waals surface area contributed by atoms with E-state index in [4.69, 9.17) is 22.8 Å². The molecule has 1 aliphatic heterocycles. The highest BCUT2D eigenvalue weighted by Gasteiger charge is 2.34. The van der Waals surface area contributed by atoms with E-state index in [1.54, 1.807) is 12.1 Å². The monoisotopic (exact) mass is 327 g/mol. The number of phenolic OH excluding ortho intramolecular Hbond substituents is 1. The molecule has 0 bridgehead atoms. The first-order chi connectivity index (χ1) is 11.1. The average Bonchev–Trinajstić information content (AvgIpc) is 2.53. The number of anilines is 1. The molecule has 0 fully saturated rings. The molecule has 2 aromatic rings. The number of amides is 1. The van der Waals surface area contributed by atoms with Gasteiger partial charge in [-0.1, -0.05) is 35.7 Å². The number of phenols is 1. The van der Waals surface area contributed by atoms with Crippen molar-refractivity contribution >= 4 is 23.2 Å². The highest BCUT2D eigenvalue weighted by atomic mass is 35.5. The van der Waals surface area contributed by atoms with Crippen molar-refractivity contribution in [1.82, 2.24) is 0 Å². The summed E-state index contributed by atoms with van der Waals surface area (Å²) in [6.07, 6.45) is 4.97. The molecular weight excluding hydrogens is 314 g/mol. The van der Waals surface area contributed by atoms with Crippen molar-refractivity contribution in [2.24, 2.45) is 0 Å². The number of benzene rings is 2. The molecule has 1 atom stereocenters. The quantitative estimate of drug-likeness (QED) is 0.882. The molecule has 0 spiro atoms. The van der Waals surface area contributed by atoms with Gasteiger partial charge in [-0.05, 0) is 23.8 Å². The Morgan fingerprint density at radius 3 is 2.83 bits per heavy atom. The van der Waals surface area contributed by atoms with Gasteiger partial charge < -0.3 is 9.84 Å². The van der Waals surface area contributed by atoms with E-state index in [0.717, 1.165) is 5.56 Å². The molecule has 1 amide bonds. The first-order valence-corrected chi connectivity index (χ1v) is 7.46. The fourth-order valence-corrected chi connectivity index (χ4v) is 2.78. The Balaban J connectivity index is 1.95. The van der Waals surface area contributed by atoms with Gasteiger partial charge in [0, 0.05) is 17.5 Å². The second-order valence-corrected chi connectivity index (χ2v) is 5.59. The van der Waals surface area contributed by atoms with Crippen LogP contribution in [0.2, 0.25) is 5.02 Å². The molecule has 1 heterocycles. The molecule has 1 N–H and O–H groups in total. The second-order valence-electron chi connectivity index (χ2n) is 5.18. The number of carbonyl (C=O) groups is 1. The summed E-state index contributed by atoms with van der Waals surface area (Å²) < 4.78 is 5.78. The molecule has 5 heteroatoms. The van der Waals surface area contributed by atoms with Gasteiger partial charge in [0.2, 0.25) is 0 Å². The lowest BCUT2D eigenvalue weighted by molar-refractivity contribution is -0.126. The number of hydrogen-bond acceptors (Lipinski definition) is 3. The van der Waals surface area contributed by atoms with E-state index < -0.39 is 6.10 Å². The predicted octanol–water partition coefficient (Wildman–Crippen LogP) is 3.02. The van der Waals surface area contributed by atoms with Crippen LogP contribution in [0.15, 0.2) is 42.5 Å². The van der Waals surface area contributed by atoms with Crippen molar-refractivity contribution in [3.63, 3.8) is 0 Å². The minimum atomic E-state index is -0.738. The maximum atomic E-state index is 12.7. The standard InChI is InChI=1S/C18H14ClNO3/c1-2-9-20-15-8-7-13(21)11-16(15)23-17(18(20)22)10-12-5-3-4-6-14(12)19/h1,3-8,11,17,21H,9-10H2. The van der Waals surface area contributed by atoms with Crippen LogP contribution >= 0.6 is 11.6 Å². The molecule has 0 aromatic heterocycles. The van der Waals surface area contributed by atoms with Crippen molar-refractivity contribution in [3.8, 4) is 23.8 Å². The van der Waals surface area contributed by atoms with Gasteiger partial charge in [0.05, 0.1) is 12.2 Å². The van der Waals surface area contributed by atoms with Gasteiger partial charge in [-0.3, -0.25) is 9.69 Å². The number of fused-ring (bicyclic) bond motifs is 1. The summed E-state index contributed by atoms with van der Waals surface area (Å²) in [6, 6.07) is 11.9. The molecule has 23 heavy (non-hydrogen) atoms. The third kappa shape index (κ3) is 2.96. The number of rotatable bonds is 3. The first-order valence-electron chi connectivity index (χ1n) is 7.08. The lowest BCUT2D eigenvalue weighted by Gasteiger charge is -2.33. The Morgan fingerprint density at radius 1 is 1.30 bits per heavy atom.